The Bertz CT molecular complexity index is 900. The summed E-state index contributed by atoms with van der Waals surface area (Å²) < 4.78 is 2.55. The summed E-state index contributed by atoms with van der Waals surface area (Å²) in [7, 11) is 0. The molecular formula is C18H15BrN4O. The lowest BCUT2D eigenvalue weighted by molar-refractivity contribution is -0.121. The van der Waals surface area contributed by atoms with Gasteiger partial charge in [0.15, 0.2) is 0 Å². The molecule has 1 aromatic heterocycles. The van der Waals surface area contributed by atoms with Gasteiger partial charge in [0.25, 0.3) is 5.91 Å². The molecule has 0 atom stereocenters. The largest absolute Gasteiger partial charge is 0.321 e. The van der Waals surface area contributed by atoms with Gasteiger partial charge in [0.2, 0.25) is 0 Å². The molecule has 0 spiro atoms. The van der Waals surface area contributed by atoms with Crippen molar-refractivity contribution in [3.63, 3.8) is 0 Å². The maximum Gasteiger partial charge on any atom is 0.260 e. The Morgan fingerprint density at radius 3 is 2.75 bits per heavy atom. The van der Waals surface area contributed by atoms with Gasteiger partial charge in [0.1, 0.15) is 6.54 Å². The van der Waals surface area contributed by atoms with Crippen molar-refractivity contribution in [2.45, 2.75) is 6.54 Å². The molecule has 0 aliphatic rings. The van der Waals surface area contributed by atoms with E-state index in [-0.39, 0.29) is 12.5 Å². The second kappa shape index (κ2) is 7.70. The number of amides is 1. The Morgan fingerprint density at radius 2 is 1.92 bits per heavy atom. The van der Waals surface area contributed by atoms with Crippen molar-refractivity contribution in [2.24, 2.45) is 5.10 Å². The summed E-state index contributed by atoms with van der Waals surface area (Å²) in [5, 5.41) is 3.95. The van der Waals surface area contributed by atoms with Gasteiger partial charge in [-0.15, -0.1) is 0 Å². The van der Waals surface area contributed by atoms with E-state index < -0.39 is 0 Å². The molecule has 0 fully saturated rings. The number of imidazole rings is 1. The number of allylic oxidation sites excluding steroid dienone is 1. The summed E-state index contributed by atoms with van der Waals surface area (Å²) in [6, 6.07) is 17.5. The predicted molar refractivity (Wildman–Crippen MR) is 99.7 cm³/mol. The molecule has 1 N–H and O–H groups in total. The fourth-order valence-electron chi connectivity index (χ4n) is 2.24. The van der Waals surface area contributed by atoms with E-state index in [1.165, 1.54) is 0 Å². The Balaban J connectivity index is 1.58. The minimum absolute atomic E-state index is 0.165. The Kier molecular flexibility index (Phi) is 5.18. The monoisotopic (exact) mass is 382 g/mol. The molecule has 0 radical (unpaired) electrons. The molecule has 0 bridgehead atoms. The van der Waals surface area contributed by atoms with Crippen LogP contribution in [0.2, 0.25) is 0 Å². The van der Waals surface area contributed by atoms with E-state index in [0.29, 0.717) is 0 Å². The van der Waals surface area contributed by atoms with E-state index >= 15 is 0 Å². The van der Waals surface area contributed by atoms with E-state index in [2.05, 4.69) is 31.4 Å². The fraction of sp³-hybridized carbons (Fsp3) is 0.0556. The molecule has 5 nitrogen and oxygen atoms in total. The van der Waals surface area contributed by atoms with Gasteiger partial charge in [-0.2, -0.15) is 5.10 Å². The summed E-state index contributed by atoms with van der Waals surface area (Å²) in [5.41, 5.74) is 5.34. The number of hydrazone groups is 1. The Hall–Kier alpha value is -2.73. The summed E-state index contributed by atoms with van der Waals surface area (Å²) in [6.07, 6.45) is 5.12. The van der Waals surface area contributed by atoms with Crippen molar-refractivity contribution in [3.8, 4) is 0 Å². The van der Waals surface area contributed by atoms with Gasteiger partial charge in [-0.25, -0.2) is 10.4 Å². The van der Waals surface area contributed by atoms with Crippen LogP contribution in [0.25, 0.3) is 17.1 Å². The van der Waals surface area contributed by atoms with E-state index in [4.69, 9.17) is 0 Å². The fourth-order valence-corrected chi connectivity index (χ4v) is 2.60. The number of carbonyl (C=O) groups is 1. The van der Waals surface area contributed by atoms with Crippen molar-refractivity contribution in [1.29, 1.82) is 0 Å². The molecule has 0 unspecified atom stereocenters. The zero-order valence-electron chi connectivity index (χ0n) is 12.8. The number of carbonyl (C=O) groups excluding carboxylic acids is 1. The van der Waals surface area contributed by atoms with Gasteiger partial charge in [-0.05, 0) is 39.7 Å². The highest BCUT2D eigenvalue weighted by molar-refractivity contribution is 9.12. The van der Waals surface area contributed by atoms with Crippen molar-refractivity contribution < 1.29 is 4.79 Å². The normalized spacial score (nSPS) is 12.0. The highest BCUT2D eigenvalue weighted by Gasteiger charge is 2.05. The highest BCUT2D eigenvalue weighted by atomic mass is 79.9. The second-order valence-corrected chi connectivity index (χ2v) is 6.01. The molecule has 3 rings (SSSR count). The van der Waals surface area contributed by atoms with Crippen molar-refractivity contribution in [1.82, 2.24) is 15.0 Å². The lowest BCUT2D eigenvalue weighted by Crippen LogP contribution is -2.22. The number of nitrogens with one attached hydrogen (secondary N) is 1. The maximum atomic E-state index is 12.0. The quantitative estimate of drug-likeness (QED) is 0.541. The van der Waals surface area contributed by atoms with E-state index in [1.807, 2.05) is 60.7 Å². The summed E-state index contributed by atoms with van der Waals surface area (Å²) in [5.74, 6) is -0.214. The topological polar surface area (TPSA) is 59.3 Å². The zero-order chi connectivity index (χ0) is 16.8. The van der Waals surface area contributed by atoms with Crippen LogP contribution in [0.3, 0.4) is 0 Å². The van der Waals surface area contributed by atoms with Crippen LogP contribution in [0.5, 0.6) is 0 Å². The molecule has 1 heterocycles. The smallest absolute Gasteiger partial charge is 0.260 e. The van der Waals surface area contributed by atoms with Gasteiger partial charge in [0.05, 0.1) is 23.6 Å². The third kappa shape index (κ3) is 4.17. The summed E-state index contributed by atoms with van der Waals surface area (Å²) >= 11 is 3.40. The second-order valence-electron chi connectivity index (χ2n) is 5.09. The molecule has 120 valence electrons. The first-order valence-corrected chi connectivity index (χ1v) is 8.16. The van der Waals surface area contributed by atoms with Crippen LogP contribution in [0.4, 0.5) is 0 Å². The van der Waals surface area contributed by atoms with Crippen molar-refractivity contribution in [2.75, 3.05) is 0 Å². The maximum absolute atomic E-state index is 12.0. The molecule has 1 amide bonds. The average molecular weight is 383 g/mol. The number of rotatable bonds is 5. The number of fused-ring (bicyclic) bond motifs is 1. The SMILES string of the molecule is O=C(Cn1cnc2ccccc21)N/N=C/C(Br)=C\c1ccccc1. The molecular weight excluding hydrogens is 368 g/mol. The number of nitrogens with zero attached hydrogens (tertiary/aromatic N) is 3. The number of hydrogen-bond donors (Lipinski definition) is 1. The van der Waals surface area contributed by atoms with Gasteiger partial charge in [-0.3, -0.25) is 4.79 Å². The molecule has 2 aromatic carbocycles. The molecule has 0 aliphatic heterocycles. The molecule has 24 heavy (non-hydrogen) atoms. The van der Waals surface area contributed by atoms with E-state index in [9.17, 15) is 4.79 Å². The average Bonchev–Trinajstić information content (AvgIpc) is 2.99. The lowest BCUT2D eigenvalue weighted by atomic mass is 10.2. The summed E-state index contributed by atoms with van der Waals surface area (Å²) in [4.78, 5) is 16.2. The van der Waals surface area contributed by atoms with Gasteiger partial charge >= 0.3 is 0 Å². The number of para-hydroxylation sites is 2. The van der Waals surface area contributed by atoms with Crippen LogP contribution in [0.15, 0.2) is 70.5 Å². The minimum atomic E-state index is -0.214. The first kappa shape index (κ1) is 16.1. The van der Waals surface area contributed by atoms with Crippen LogP contribution in [-0.4, -0.2) is 21.7 Å². The van der Waals surface area contributed by atoms with Gasteiger partial charge in [-0.1, -0.05) is 42.5 Å². The summed E-state index contributed by atoms with van der Waals surface area (Å²) in [6.45, 7) is 0.165. The third-order valence-corrected chi connectivity index (χ3v) is 3.76. The first-order chi connectivity index (χ1) is 11.7. The molecule has 6 heteroatoms. The van der Waals surface area contributed by atoms with Crippen LogP contribution in [0.1, 0.15) is 5.56 Å². The van der Waals surface area contributed by atoms with Crippen LogP contribution in [0, 0.1) is 0 Å². The standard InChI is InChI=1S/C18H15BrN4O/c19-15(10-14-6-2-1-3-7-14)11-21-22-18(24)12-23-13-20-16-8-4-5-9-17(16)23/h1-11,13H,12H2,(H,22,24)/b15-10+,21-11+. The molecule has 0 saturated heterocycles. The number of aromatic nitrogens is 2. The van der Waals surface area contributed by atoms with Crippen LogP contribution < -0.4 is 5.43 Å². The number of hydrogen-bond acceptors (Lipinski definition) is 3. The number of benzene rings is 2. The predicted octanol–water partition coefficient (Wildman–Crippen LogP) is 3.57. The zero-order valence-corrected chi connectivity index (χ0v) is 14.3. The van der Waals surface area contributed by atoms with Gasteiger partial charge in [0, 0.05) is 4.48 Å². The first-order valence-electron chi connectivity index (χ1n) is 7.36. The Labute approximate surface area is 147 Å². The van der Waals surface area contributed by atoms with E-state index in [0.717, 1.165) is 21.1 Å². The highest BCUT2D eigenvalue weighted by Crippen LogP contribution is 2.11. The number of halogens is 1. The molecule has 3 aromatic rings. The van der Waals surface area contributed by atoms with Crippen molar-refractivity contribution in [3.05, 3.63) is 71.0 Å². The molecule has 0 saturated carbocycles. The van der Waals surface area contributed by atoms with Crippen LogP contribution >= 0.6 is 15.9 Å². The van der Waals surface area contributed by atoms with Crippen molar-refractivity contribution >= 4 is 45.2 Å². The van der Waals surface area contributed by atoms with E-state index in [1.54, 1.807) is 17.1 Å². The Morgan fingerprint density at radius 1 is 1.17 bits per heavy atom. The lowest BCUT2D eigenvalue weighted by Gasteiger charge is -2.02. The van der Waals surface area contributed by atoms with Crippen LogP contribution in [-0.2, 0) is 11.3 Å². The third-order valence-electron chi connectivity index (χ3n) is 3.32. The van der Waals surface area contributed by atoms with Gasteiger partial charge < -0.3 is 4.57 Å². The minimum Gasteiger partial charge on any atom is -0.321 e. The molecule has 0 aliphatic carbocycles.